The second-order valence-corrected chi connectivity index (χ2v) is 7.22. The molecule has 0 spiro atoms. The van der Waals surface area contributed by atoms with Crippen LogP contribution in [0.1, 0.15) is 52.9 Å². The van der Waals surface area contributed by atoms with Crippen molar-refractivity contribution in [3.8, 4) is 0 Å². The summed E-state index contributed by atoms with van der Waals surface area (Å²) < 4.78 is 0. The van der Waals surface area contributed by atoms with Crippen molar-refractivity contribution in [1.29, 1.82) is 0 Å². The maximum absolute atomic E-state index is 12.1. The smallest absolute Gasteiger partial charge is 0.317 e. The molecule has 2 N–H and O–H groups in total. The van der Waals surface area contributed by atoms with Gasteiger partial charge in [-0.25, -0.2) is 4.79 Å². The van der Waals surface area contributed by atoms with Gasteiger partial charge < -0.3 is 15.3 Å². The molecule has 1 fully saturated rings. The van der Waals surface area contributed by atoms with Crippen molar-refractivity contribution in [1.82, 2.24) is 10.2 Å². The highest BCUT2D eigenvalue weighted by Gasteiger charge is 2.40. The molecule has 0 radical (unpaired) electrons. The maximum atomic E-state index is 12.1. The van der Waals surface area contributed by atoms with E-state index in [-0.39, 0.29) is 18.0 Å². The first-order chi connectivity index (χ1) is 9.16. The molecule has 5 heteroatoms. The van der Waals surface area contributed by atoms with Crippen LogP contribution in [0.25, 0.3) is 0 Å². The van der Waals surface area contributed by atoms with Gasteiger partial charge in [-0.15, -0.1) is 0 Å². The number of aliphatic carboxylic acids is 1. The lowest BCUT2D eigenvalue weighted by atomic mass is 9.74. The van der Waals surface area contributed by atoms with Gasteiger partial charge >= 0.3 is 12.0 Å². The molecule has 1 aliphatic rings. The van der Waals surface area contributed by atoms with Crippen molar-refractivity contribution in [2.24, 2.45) is 10.8 Å². The first-order valence-corrected chi connectivity index (χ1v) is 7.39. The van der Waals surface area contributed by atoms with E-state index >= 15 is 0 Å². The molecule has 0 aromatic rings. The fourth-order valence-corrected chi connectivity index (χ4v) is 2.86. The van der Waals surface area contributed by atoms with Crippen molar-refractivity contribution in [3.63, 3.8) is 0 Å². The summed E-state index contributed by atoms with van der Waals surface area (Å²) in [6, 6.07) is -0.189. The normalized spacial score (nSPS) is 18.4. The molecule has 0 bridgehead atoms. The van der Waals surface area contributed by atoms with E-state index in [1.807, 2.05) is 0 Å². The summed E-state index contributed by atoms with van der Waals surface area (Å²) >= 11 is 0. The Bertz CT molecular complexity index is 355. The molecule has 0 heterocycles. The lowest BCUT2D eigenvalue weighted by Crippen LogP contribution is -2.48. The largest absolute Gasteiger partial charge is 0.481 e. The summed E-state index contributed by atoms with van der Waals surface area (Å²) in [4.78, 5) is 25.2. The van der Waals surface area contributed by atoms with Crippen LogP contribution in [-0.4, -0.2) is 42.1 Å². The van der Waals surface area contributed by atoms with Crippen LogP contribution in [-0.2, 0) is 4.79 Å². The molecule has 0 unspecified atom stereocenters. The van der Waals surface area contributed by atoms with E-state index < -0.39 is 11.4 Å². The van der Waals surface area contributed by atoms with Gasteiger partial charge in [0.15, 0.2) is 0 Å². The van der Waals surface area contributed by atoms with Gasteiger partial charge in [-0.1, -0.05) is 40.0 Å². The van der Waals surface area contributed by atoms with Gasteiger partial charge in [0.1, 0.15) is 0 Å². The topological polar surface area (TPSA) is 69.6 Å². The highest BCUT2D eigenvalue weighted by molar-refractivity contribution is 5.78. The molecule has 20 heavy (non-hydrogen) atoms. The number of nitrogens with one attached hydrogen (secondary N) is 1. The van der Waals surface area contributed by atoms with Gasteiger partial charge in [0.2, 0.25) is 0 Å². The second-order valence-electron chi connectivity index (χ2n) is 7.22. The van der Waals surface area contributed by atoms with E-state index in [1.165, 1.54) is 0 Å². The molecule has 116 valence electrons. The lowest BCUT2D eigenvalue weighted by molar-refractivity contribution is -0.150. The minimum Gasteiger partial charge on any atom is -0.481 e. The van der Waals surface area contributed by atoms with Gasteiger partial charge in [-0.2, -0.15) is 0 Å². The number of carbonyl (C=O) groups excluding carboxylic acids is 1. The third-order valence-corrected chi connectivity index (χ3v) is 3.90. The van der Waals surface area contributed by atoms with Crippen molar-refractivity contribution in [3.05, 3.63) is 0 Å². The monoisotopic (exact) mass is 284 g/mol. The molecule has 1 aliphatic carbocycles. The summed E-state index contributed by atoms with van der Waals surface area (Å²) in [5.41, 5.74) is -0.738. The Hall–Kier alpha value is -1.26. The first kappa shape index (κ1) is 16.8. The molecular formula is C15H28N2O3. The third kappa shape index (κ3) is 4.69. The van der Waals surface area contributed by atoms with E-state index in [9.17, 15) is 14.7 Å². The number of hydrogen-bond donors (Lipinski definition) is 2. The summed E-state index contributed by atoms with van der Waals surface area (Å²) in [6.45, 7) is 7.07. The fraction of sp³-hybridized carbons (Fsp3) is 0.867. The Labute approximate surface area is 121 Å². The molecule has 5 nitrogen and oxygen atoms in total. The number of carbonyl (C=O) groups is 2. The maximum Gasteiger partial charge on any atom is 0.317 e. The summed E-state index contributed by atoms with van der Waals surface area (Å²) in [6.07, 6.45) is 4.27. The van der Waals surface area contributed by atoms with Gasteiger partial charge in [-0.05, 0) is 18.3 Å². The Balaban J connectivity index is 2.55. The summed E-state index contributed by atoms with van der Waals surface area (Å²) in [5.74, 6) is -0.782. The zero-order chi connectivity index (χ0) is 15.4. The van der Waals surface area contributed by atoms with Crippen LogP contribution in [0.4, 0.5) is 4.79 Å². The predicted molar refractivity (Wildman–Crippen MR) is 78.6 cm³/mol. The number of amides is 2. The van der Waals surface area contributed by atoms with Crippen LogP contribution in [0.2, 0.25) is 0 Å². The number of carboxylic acid groups (broad SMARTS) is 1. The first-order valence-electron chi connectivity index (χ1n) is 7.39. The molecule has 0 aromatic heterocycles. The van der Waals surface area contributed by atoms with E-state index in [2.05, 4.69) is 26.1 Å². The van der Waals surface area contributed by atoms with Crippen LogP contribution >= 0.6 is 0 Å². The molecule has 2 amide bonds. The number of nitrogens with zero attached hydrogens (tertiary/aromatic N) is 1. The minimum absolute atomic E-state index is 0.0292. The lowest BCUT2D eigenvalue weighted by Gasteiger charge is -2.34. The van der Waals surface area contributed by atoms with Crippen LogP contribution in [0.15, 0.2) is 0 Å². The Morgan fingerprint density at radius 1 is 1.20 bits per heavy atom. The highest BCUT2D eigenvalue weighted by atomic mass is 16.4. The van der Waals surface area contributed by atoms with Crippen molar-refractivity contribution < 1.29 is 14.7 Å². The van der Waals surface area contributed by atoms with Crippen LogP contribution < -0.4 is 5.32 Å². The summed E-state index contributed by atoms with van der Waals surface area (Å²) in [5, 5.41) is 12.3. The SMILES string of the molecule is CN(CC(C)(C)C)C(=O)NCC1(C(=O)O)CCCCC1. The van der Waals surface area contributed by atoms with E-state index in [0.717, 1.165) is 19.3 Å². The standard InChI is InChI=1S/C15H28N2O3/c1-14(2,3)11-17(4)13(20)16-10-15(12(18)19)8-6-5-7-9-15/h5-11H2,1-4H3,(H,16,20)(H,18,19). The number of carboxylic acids is 1. The fourth-order valence-electron chi connectivity index (χ4n) is 2.86. The number of urea groups is 1. The van der Waals surface area contributed by atoms with Gasteiger partial charge in [0.25, 0.3) is 0 Å². The highest BCUT2D eigenvalue weighted by Crippen LogP contribution is 2.36. The average molecular weight is 284 g/mol. The average Bonchev–Trinajstić information content (AvgIpc) is 2.34. The van der Waals surface area contributed by atoms with Crippen LogP contribution in [0.5, 0.6) is 0 Å². The Kier molecular flexibility index (Phi) is 5.42. The molecule has 1 saturated carbocycles. The number of rotatable bonds is 4. The van der Waals surface area contributed by atoms with Gasteiger partial charge in [-0.3, -0.25) is 4.79 Å². The Morgan fingerprint density at radius 2 is 1.75 bits per heavy atom. The second kappa shape index (κ2) is 6.46. The quantitative estimate of drug-likeness (QED) is 0.834. The molecule has 0 aliphatic heterocycles. The number of hydrogen-bond acceptors (Lipinski definition) is 2. The molecule has 0 atom stereocenters. The van der Waals surface area contributed by atoms with Crippen LogP contribution in [0.3, 0.4) is 0 Å². The minimum atomic E-state index is -0.782. The third-order valence-electron chi connectivity index (χ3n) is 3.90. The van der Waals surface area contributed by atoms with E-state index in [1.54, 1.807) is 11.9 Å². The van der Waals surface area contributed by atoms with Gasteiger partial charge in [0.05, 0.1) is 5.41 Å². The molecule has 0 aromatic carbocycles. The van der Waals surface area contributed by atoms with Crippen molar-refractivity contribution >= 4 is 12.0 Å². The summed E-state index contributed by atoms with van der Waals surface area (Å²) in [7, 11) is 1.74. The Morgan fingerprint density at radius 3 is 2.20 bits per heavy atom. The zero-order valence-corrected chi connectivity index (χ0v) is 13.2. The zero-order valence-electron chi connectivity index (χ0n) is 13.2. The van der Waals surface area contributed by atoms with Crippen LogP contribution in [0, 0.1) is 10.8 Å². The molecule has 0 saturated heterocycles. The van der Waals surface area contributed by atoms with Gasteiger partial charge in [0, 0.05) is 20.1 Å². The van der Waals surface area contributed by atoms with E-state index in [0.29, 0.717) is 19.4 Å². The van der Waals surface area contributed by atoms with Crippen molar-refractivity contribution in [2.75, 3.05) is 20.1 Å². The van der Waals surface area contributed by atoms with Crippen molar-refractivity contribution in [2.45, 2.75) is 52.9 Å². The van der Waals surface area contributed by atoms with E-state index in [4.69, 9.17) is 0 Å². The molecule has 1 rings (SSSR count). The molecular weight excluding hydrogens is 256 g/mol. The predicted octanol–water partition coefficient (Wildman–Crippen LogP) is 2.71.